The lowest BCUT2D eigenvalue weighted by molar-refractivity contribution is -0.907. The van der Waals surface area contributed by atoms with Crippen LogP contribution in [0.4, 0.5) is 10.8 Å². The average molecular weight is 398 g/mol. The molecule has 0 bridgehead atoms. The highest BCUT2D eigenvalue weighted by Gasteiger charge is 2.12. The van der Waals surface area contributed by atoms with Crippen LogP contribution in [0.5, 0.6) is 5.75 Å². The standard InChI is InChI=1S/C20H20N4OS2/c1-24(12-19-23-17-5-3-4-6-18(17)27-19)11-15-13-26-20(22-15)21-14-7-9-16(25-2)10-8-14/h3-10,13H,11-12H2,1-2H3,(H,21,22)/p+1. The number of hydrogen-bond acceptors (Lipinski definition) is 6. The van der Waals surface area contributed by atoms with Gasteiger partial charge in [-0.2, -0.15) is 0 Å². The molecule has 1 unspecified atom stereocenters. The maximum atomic E-state index is 5.19. The maximum absolute atomic E-state index is 5.19. The number of anilines is 2. The summed E-state index contributed by atoms with van der Waals surface area (Å²) in [5.74, 6) is 0.848. The highest BCUT2D eigenvalue weighted by Crippen LogP contribution is 2.23. The van der Waals surface area contributed by atoms with Crippen LogP contribution in [0.25, 0.3) is 10.2 Å². The molecule has 0 spiro atoms. The van der Waals surface area contributed by atoms with Crippen LogP contribution in [-0.2, 0) is 13.1 Å². The van der Waals surface area contributed by atoms with Crippen LogP contribution in [0.15, 0.2) is 53.9 Å². The van der Waals surface area contributed by atoms with Gasteiger partial charge in [0.15, 0.2) is 5.13 Å². The number of quaternary nitrogens is 1. The van der Waals surface area contributed by atoms with Crippen LogP contribution in [0.2, 0.25) is 0 Å². The van der Waals surface area contributed by atoms with Crippen molar-refractivity contribution in [2.24, 2.45) is 0 Å². The Morgan fingerprint density at radius 1 is 1.04 bits per heavy atom. The molecule has 2 N–H and O–H groups in total. The summed E-state index contributed by atoms with van der Waals surface area (Å²) in [5, 5.41) is 7.54. The van der Waals surface area contributed by atoms with Crippen molar-refractivity contribution in [3.05, 3.63) is 64.6 Å². The fourth-order valence-corrected chi connectivity index (χ4v) is 4.68. The number of thiazole rings is 2. The topological polar surface area (TPSA) is 51.5 Å². The van der Waals surface area contributed by atoms with Gasteiger partial charge in [-0.05, 0) is 36.4 Å². The minimum atomic E-state index is 0.848. The summed E-state index contributed by atoms with van der Waals surface area (Å²) >= 11 is 3.40. The Morgan fingerprint density at radius 3 is 2.63 bits per heavy atom. The molecule has 0 saturated carbocycles. The van der Waals surface area contributed by atoms with Gasteiger partial charge in [-0.25, -0.2) is 9.97 Å². The summed E-state index contributed by atoms with van der Waals surface area (Å²) < 4.78 is 6.44. The Bertz CT molecular complexity index is 993. The van der Waals surface area contributed by atoms with Gasteiger partial charge in [0.2, 0.25) is 0 Å². The monoisotopic (exact) mass is 397 g/mol. The summed E-state index contributed by atoms with van der Waals surface area (Å²) in [6, 6.07) is 16.2. The Hall–Kier alpha value is -2.48. The van der Waals surface area contributed by atoms with Gasteiger partial charge in [-0.1, -0.05) is 12.1 Å². The van der Waals surface area contributed by atoms with E-state index in [2.05, 4.69) is 35.9 Å². The molecule has 0 saturated heterocycles. The molecular weight excluding hydrogens is 376 g/mol. The van der Waals surface area contributed by atoms with Crippen molar-refractivity contribution in [3.63, 3.8) is 0 Å². The first-order chi connectivity index (χ1) is 13.2. The molecule has 138 valence electrons. The number of hydrogen-bond donors (Lipinski definition) is 2. The maximum Gasteiger partial charge on any atom is 0.187 e. The van der Waals surface area contributed by atoms with E-state index in [0.717, 1.165) is 40.9 Å². The van der Waals surface area contributed by atoms with Crippen LogP contribution in [-0.4, -0.2) is 24.1 Å². The fourth-order valence-electron chi connectivity index (χ4n) is 2.87. The summed E-state index contributed by atoms with van der Waals surface area (Å²) in [6.07, 6.45) is 0. The van der Waals surface area contributed by atoms with E-state index >= 15 is 0 Å². The lowest BCUT2D eigenvalue weighted by Crippen LogP contribution is -3.06. The number of para-hydroxylation sites is 1. The van der Waals surface area contributed by atoms with E-state index in [1.54, 1.807) is 29.8 Å². The van der Waals surface area contributed by atoms with Gasteiger partial charge in [-0.3, -0.25) is 0 Å². The molecule has 5 nitrogen and oxygen atoms in total. The van der Waals surface area contributed by atoms with Crippen LogP contribution in [0.1, 0.15) is 10.7 Å². The molecule has 2 aromatic carbocycles. The average Bonchev–Trinajstić information content (AvgIpc) is 3.28. The Labute approximate surface area is 166 Å². The van der Waals surface area contributed by atoms with Gasteiger partial charge < -0.3 is 15.0 Å². The molecule has 0 aliphatic rings. The van der Waals surface area contributed by atoms with Crippen molar-refractivity contribution in [2.45, 2.75) is 13.1 Å². The Balaban J connectivity index is 1.36. The van der Waals surface area contributed by atoms with Crippen molar-refractivity contribution in [1.29, 1.82) is 0 Å². The molecule has 27 heavy (non-hydrogen) atoms. The first kappa shape index (κ1) is 17.9. The predicted molar refractivity (Wildman–Crippen MR) is 112 cm³/mol. The van der Waals surface area contributed by atoms with Gasteiger partial charge in [0, 0.05) is 11.1 Å². The highest BCUT2D eigenvalue weighted by molar-refractivity contribution is 7.18. The smallest absolute Gasteiger partial charge is 0.187 e. The van der Waals surface area contributed by atoms with E-state index < -0.39 is 0 Å². The lowest BCUT2D eigenvalue weighted by atomic mass is 10.3. The largest absolute Gasteiger partial charge is 0.497 e. The molecule has 2 heterocycles. The number of methoxy groups -OCH3 is 1. The van der Waals surface area contributed by atoms with Crippen molar-refractivity contribution in [1.82, 2.24) is 9.97 Å². The van der Waals surface area contributed by atoms with E-state index in [1.807, 2.05) is 30.3 Å². The van der Waals surface area contributed by atoms with Crippen molar-refractivity contribution < 1.29 is 9.64 Å². The van der Waals surface area contributed by atoms with Crippen molar-refractivity contribution >= 4 is 43.7 Å². The van der Waals surface area contributed by atoms with Crippen molar-refractivity contribution in [2.75, 3.05) is 19.5 Å². The summed E-state index contributed by atoms with van der Waals surface area (Å²) in [6.45, 7) is 1.77. The van der Waals surface area contributed by atoms with E-state index in [0.29, 0.717) is 0 Å². The molecule has 0 radical (unpaired) electrons. The van der Waals surface area contributed by atoms with Gasteiger partial charge in [0.1, 0.15) is 29.5 Å². The number of aromatic nitrogens is 2. The fraction of sp³-hybridized carbons (Fsp3) is 0.200. The molecular formula is C20H21N4OS2+. The molecule has 4 rings (SSSR count). The zero-order chi connectivity index (χ0) is 18.6. The molecule has 0 aliphatic carbocycles. The molecule has 0 aliphatic heterocycles. The van der Waals surface area contributed by atoms with E-state index in [4.69, 9.17) is 14.7 Å². The highest BCUT2D eigenvalue weighted by atomic mass is 32.1. The quantitative estimate of drug-likeness (QED) is 0.499. The second-order valence-corrected chi connectivity index (χ2v) is 8.36. The van der Waals surface area contributed by atoms with Gasteiger partial charge in [-0.15, -0.1) is 22.7 Å². The van der Waals surface area contributed by atoms with Gasteiger partial charge >= 0.3 is 0 Å². The normalized spacial score (nSPS) is 12.2. The van der Waals surface area contributed by atoms with E-state index in [9.17, 15) is 0 Å². The minimum absolute atomic E-state index is 0.848. The third kappa shape index (κ3) is 4.44. The second kappa shape index (κ2) is 8.04. The zero-order valence-electron chi connectivity index (χ0n) is 15.2. The minimum Gasteiger partial charge on any atom is -0.497 e. The molecule has 2 aromatic heterocycles. The molecule has 7 heteroatoms. The molecule has 0 fully saturated rings. The molecule has 1 atom stereocenters. The number of nitrogens with zero attached hydrogens (tertiary/aromatic N) is 2. The van der Waals surface area contributed by atoms with Crippen LogP contribution in [0.3, 0.4) is 0 Å². The number of nitrogens with one attached hydrogen (secondary N) is 2. The van der Waals surface area contributed by atoms with Crippen LogP contribution in [0, 0.1) is 0 Å². The third-order valence-electron chi connectivity index (χ3n) is 4.17. The van der Waals surface area contributed by atoms with E-state index in [-0.39, 0.29) is 0 Å². The van der Waals surface area contributed by atoms with Crippen LogP contribution < -0.4 is 15.0 Å². The Kier molecular flexibility index (Phi) is 5.33. The Morgan fingerprint density at radius 2 is 1.85 bits per heavy atom. The summed E-state index contributed by atoms with van der Waals surface area (Å²) in [7, 11) is 3.85. The molecule has 0 amide bonds. The van der Waals surface area contributed by atoms with E-state index in [1.165, 1.54) is 14.6 Å². The third-order valence-corrected chi connectivity index (χ3v) is 6.01. The lowest BCUT2D eigenvalue weighted by Gasteiger charge is -2.10. The van der Waals surface area contributed by atoms with Gasteiger partial charge in [0.05, 0.1) is 24.4 Å². The van der Waals surface area contributed by atoms with Crippen molar-refractivity contribution in [3.8, 4) is 5.75 Å². The van der Waals surface area contributed by atoms with Crippen LogP contribution >= 0.6 is 22.7 Å². The zero-order valence-corrected chi connectivity index (χ0v) is 16.9. The summed E-state index contributed by atoms with van der Waals surface area (Å²) in [5.41, 5.74) is 3.19. The number of benzene rings is 2. The summed E-state index contributed by atoms with van der Waals surface area (Å²) in [4.78, 5) is 10.8. The first-order valence-corrected chi connectivity index (χ1v) is 10.4. The number of fused-ring (bicyclic) bond motifs is 1. The predicted octanol–water partition coefficient (Wildman–Crippen LogP) is 3.72. The second-order valence-electron chi connectivity index (χ2n) is 6.38. The number of ether oxygens (including phenoxy) is 1. The number of rotatable bonds is 7. The molecule has 4 aromatic rings. The van der Waals surface area contributed by atoms with Gasteiger partial charge in [0.25, 0.3) is 0 Å². The first-order valence-electron chi connectivity index (χ1n) is 8.71. The SMILES string of the molecule is COc1ccc(Nc2nc(C[NH+](C)Cc3nc4ccccc4s3)cs2)cc1.